The Labute approximate surface area is 116 Å². The van der Waals surface area contributed by atoms with Gasteiger partial charge in [0, 0.05) is 12.6 Å². The number of hydrogen-bond acceptors (Lipinski definition) is 2. The highest BCUT2D eigenvalue weighted by Crippen LogP contribution is 2.18. The average Bonchev–Trinajstić information content (AvgIpc) is 3.20. The van der Waals surface area contributed by atoms with Crippen molar-refractivity contribution < 1.29 is 9.59 Å². The molecule has 1 rings (SSSR count). The van der Waals surface area contributed by atoms with Crippen LogP contribution in [0.3, 0.4) is 0 Å². The highest BCUT2D eigenvalue weighted by molar-refractivity contribution is 6.35. The Morgan fingerprint density at radius 3 is 2.05 bits per heavy atom. The zero-order valence-corrected chi connectivity index (χ0v) is 12.2. The third-order valence-corrected chi connectivity index (χ3v) is 3.43. The van der Waals surface area contributed by atoms with Crippen molar-refractivity contribution in [1.82, 2.24) is 10.6 Å². The first-order valence-electron chi connectivity index (χ1n) is 7.82. The van der Waals surface area contributed by atoms with Gasteiger partial charge in [-0.2, -0.15) is 0 Å². The maximum Gasteiger partial charge on any atom is 0.309 e. The fourth-order valence-corrected chi connectivity index (χ4v) is 2.02. The molecular formula is C15H28N2O2. The Balaban J connectivity index is 1.84. The van der Waals surface area contributed by atoms with Crippen molar-refractivity contribution in [3.8, 4) is 0 Å². The first kappa shape index (κ1) is 16.0. The fourth-order valence-electron chi connectivity index (χ4n) is 2.02. The molecule has 0 aromatic rings. The van der Waals surface area contributed by atoms with Crippen molar-refractivity contribution in [3.05, 3.63) is 0 Å². The molecule has 0 unspecified atom stereocenters. The minimum atomic E-state index is -0.477. The van der Waals surface area contributed by atoms with Gasteiger partial charge >= 0.3 is 11.8 Å². The second-order valence-corrected chi connectivity index (χ2v) is 5.48. The van der Waals surface area contributed by atoms with Crippen molar-refractivity contribution in [2.24, 2.45) is 0 Å². The SMILES string of the molecule is CCCCCCCCCCNC(=O)C(=O)NC1CC1. The standard InChI is InChI=1S/C15H28N2O2/c1-2-3-4-5-6-7-8-9-12-16-14(18)15(19)17-13-10-11-13/h13H,2-12H2,1H3,(H,16,18)(H,17,19). The van der Waals surface area contributed by atoms with Crippen LogP contribution >= 0.6 is 0 Å². The molecule has 1 aliphatic carbocycles. The summed E-state index contributed by atoms with van der Waals surface area (Å²) >= 11 is 0. The maximum absolute atomic E-state index is 11.4. The molecule has 0 heterocycles. The minimum absolute atomic E-state index is 0.251. The van der Waals surface area contributed by atoms with Gasteiger partial charge in [0.2, 0.25) is 0 Å². The van der Waals surface area contributed by atoms with Crippen LogP contribution in [0.25, 0.3) is 0 Å². The van der Waals surface area contributed by atoms with E-state index in [9.17, 15) is 9.59 Å². The second-order valence-electron chi connectivity index (χ2n) is 5.48. The zero-order chi connectivity index (χ0) is 13.9. The van der Waals surface area contributed by atoms with Gasteiger partial charge in [-0.1, -0.05) is 51.9 Å². The first-order chi connectivity index (χ1) is 9.24. The monoisotopic (exact) mass is 268 g/mol. The highest BCUT2D eigenvalue weighted by atomic mass is 16.2. The second kappa shape index (κ2) is 9.82. The van der Waals surface area contributed by atoms with Gasteiger partial charge < -0.3 is 10.6 Å². The summed E-state index contributed by atoms with van der Waals surface area (Å²) in [5.41, 5.74) is 0. The van der Waals surface area contributed by atoms with E-state index in [0.717, 1.165) is 25.7 Å². The minimum Gasteiger partial charge on any atom is -0.348 e. The molecule has 0 aromatic carbocycles. The van der Waals surface area contributed by atoms with E-state index >= 15 is 0 Å². The molecule has 0 aromatic heterocycles. The van der Waals surface area contributed by atoms with Gasteiger partial charge in [0.05, 0.1) is 0 Å². The Kier molecular flexibility index (Phi) is 8.26. The lowest BCUT2D eigenvalue weighted by Crippen LogP contribution is -2.41. The van der Waals surface area contributed by atoms with Crippen molar-refractivity contribution in [3.63, 3.8) is 0 Å². The zero-order valence-electron chi connectivity index (χ0n) is 12.2. The smallest absolute Gasteiger partial charge is 0.309 e. The number of carbonyl (C=O) groups is 2. The quantitative estimate of drug-likeness (QED) is 0.472. The molecule has 0 spiro atoms. The van der Waals surface area contributed by atoms with Gasteiger partial charge in [0.1, 0.15) is 0 Å². The lowest BCUT2D eigenvalue weighted by Gasteiger charge is -2.05. The van der Waals surface area contributed by atoms with Gasteiger partial charge in [-0.3, -0.25) is 9.59 Å². The van der Waals surface area contributed by atoms with E-state index in [4.69, 9.17) is 0 Å². The Bertz CT molecular complexity index is 275. The molecule has 4 heteroatoms. The van der Waals surface area contributed by atoms with Gasteiger partial charge in [-0.25, -0.2) is 0 Å². The van der Waals surface area contributed by atoms with Crippen LogP contribution in [0.2, 0.25) is 0 Å². The molecule has 1 fully saturated rings. The summed E-state index contributed by atoms with van der Waals surface area (Å²) in [4.78, 5) is 22.7. The number of unbranched alkanes of at least 4 members (excludes halogenated alkanes) is 7. The number of nitrogens with one attached hydrogen (secondary N) is 2. The van der Waals surface area contributed by atoms with E-state index in [0.29, 0.717) is 6.54 Å². The molecule has 0 radical (unpaired) electrons. The van der Waals surface area contributed by atoms with Crippen LogP contribution in [0.4, 0.5) is 0 Å². The van der Waals surface area contributed by atoms with Crippen molar-refractivity contribution in [1.29, 1.82) is 0 Å². The molecular weight excluding hydrogens is 240 g/mol. The van der Waals surface area contributed by atoms with Crippen LogP contribution in [-0.4, -0.2) is 24.4 Å². The molecule has 1 saturated carbocycles. The molecule has 0 bridgehead atoms. The van der Waals surface area contributed by atoms with Crippen molar-refractivity contribution in [2.45, 2.75) is 77.2 Å². The molecule has 19 heavy (non-hydrogen) atoms. The molecule has 2 N–H and O–H groups in total. The third kappa shape index (κ3) is 8.62. The topological polar surface area (TPSA) is 58.2 Å². The lowest BCUT2D eigenvalue weighted by molar-refractivity contribution is -0.139. The highest BCUT2D eigenvalue weighted by Gasteiger charge is 2.25. The summed E-state index contributed by atoms with van der Waals surface area (Å²) in [5.74, 6) is -0.947. The van der Waals surface area contributed by atoms with Crippen LogP contribution in [0.5, 0.6) is 0 Å². The molecule has 0 saturated heterocycles. The molecule has 110 valence electrons. The summed E-state index contributed by atoms with van der Waals surface area (Å²) in [7, 11) is 0. The van der Waals surface area contributed by atoms with E-state index in [1.165, 1.54) is 38.5 Å². The number of hydrogen-bond donors (Lipinski definition) is 2. The maximum atomic E-state index is 11.4. The van der Waals surface area contributed by atoms with E-state index in [2.05, 4.69) is 17.6 Å². The lowest BCUT2D eigenvalue weighted by atomic mass is 10.1. The molecule has 0 atom stereocenters. The van der Waals surface area contributed by atoms with Crippen LogP contribution in [0.1, 0.15) is 71.1 Å². The molecule has 1 aliphatic rings. The van der Waals surface area contributed by atoms with Crippen LogP contribution < -0.4 is 10.6 Å². The Morgan fingerprint density at radius 2 is 1.47 bits per heavy atom. The van der Waals surface area contributed by atoms with Crippen molar-refractivity contribution >= 4 is 11.8 Å². The average molecular weight is 268 g/mol. The fraction of sp³-hybridized carbons (Fsp3) is 0.867. The van der Waals surface area contributed by atoms with Crippen molar-refractivity contribution in [2.75, 3.05) is 6.54 Å². The van der Waals surface area contributed by atoms with Gasteiger partial charge in [-0.05, 0) is 19.3 Å². The third-order valence-electron chi connectivity index (χ3n) is 3.43. The largest absolute Gasteiger partial charge is 0.348 e. The summed E-state index contributed by atoms with van der Waals surface area (Å²) in [5, 5.41) is 5.36. The predicted octanol–water partition coefficient (Wildman–Crippen LogP) is 2.52. The number of rotatable bonds is 10. The number of carbonyl (C=O) groups excluding carboxylic acids is 2. The van der Waals surface area contributed by atoms with Crippen LogP contribution in [0, 0.1) is 0 Å². The summed E-state index contributed by atoms with van der Waals surface area (Å²) in [6, 6.07) is 0.251. The summed E-state index contributed by atoms with van der Waals surface area (Å²) in [6.07, 6.45) is 11.9. The summed E-state index contributed by atoms with van der Waals surface area (Å²) in [6.45, 7) is 2.84. The van der Waals surface area contributed by atoms with Gasteiger partial charge in [-0.15, -0.1) is 0 Å². The molecule has 2 amide bonds. The Morgan fingerprint density at radius 1 is 0.895 bits per heavy atom. The van der Waals surface area contributed by atoms with Gasteiger partial charge in [0.15, 0.2) is 0 Å². The normalized spacial score (nSPS) is 14.2. The van der Waals surface area contributed by atoms with E-state index in [1.54, 1.807) is 0 Å². The van der Waals surface area contributed by atoms with Crippen LogP contribution in [0.15, 0.2) is 0 Å². The number of amides is 2. The Hall–Kier alpha value is -1.06. The molecule has 4 nitrogen and oxygen atoms in total. The summed E-state index contributed by atoms with van der Waals surface area (Å²) < 4.78 is 0. The molecule has 0 aliphatic heterocycles. The van der Waals surface area contributed by atoms with E-state index < -0.39 is 11.8 Å². The predicted molar refractivity (Wildman–Crippen MR) is 76.8 cm³/mol. The van der Waals surface area contributed by atoms with E-state index in [1.807, 2.05) is 0 Å². The van der Waals surface area contributed by atoms with E-state index in [-0.39, 0.29) is 6.04 Å². The van der Waals surface area contributed by atoms with Gasteiger partial charge in [0.25, 0.3) is 0 Å². The first-order valence-corrected chi connectivity index (χ1v) is 7.82. The van der Waals surface area contributed by atoms with Crippen LogP contribution in [-0.2, 0) is 9.59 Å².